The number of carbonyl (C=O) groups is 1. The number of alkyl halides is 3. The molecule has 2 heterocycles. The van der Waals surface area contributed by atoms with Crippen molar-refractivity contribution in [2.24, 2.45) is 11.3 Å². The molecule has 2 aliphatic heterocycles. The van der Waals surface area contributed by atoms with Crippen LogP contribution in [0.25, 0.3) is 0 Å². The number of allylic oxidation sites excluding steroid dienone is 2. The van der Waals surface area contributed by atoms with E-state index >= 15 is 0 Å². The summed E-state index contributed by atoms with van der Waals surface area (Å²) in [5, 5.41) is 14.0. The van der Waals surface area contributed by atoms with Crippen molar-refractivity contribution in [2.75, 3.05) is 13.1 Å². The summed E-state index contributed by atoms with van der Waals surface area (Å²) in [5.74, 6) is 0.0638. The van der Waals surface area contributed by atoms with Gasteiger partial charge in [-0.3, -0.25) is 10.0 Å². The summed E-state index contributed by atoms with van der Waals surface area (Å²) < 4.78 is 42.3. The summed E-state index contributed by atoms with van der Waals surface area (Å²) >= 11 is -1.31. The smallest absolute Gasteiger partial charge is 0.386 e. The van der Waals surface area contributed by atoms with Gasteiger partial charge in [0.2, 0.25) is 5.91 Å². The Morgan fingerprint density at radius 1 is 1.24 bits per heavy atom. The number of carbonyl (C=O) groups excluding carboxylic acids is 1. The van der Waals surface area contributed by atoms with Crippen LogP contribution in [0.5, 0.6) is 0 Å². The SMILES string of the molecule is CC(C)[C@@]1(C(=O)N2CCC3=C(C=C(C(F)(F)F)C=IN3O)C2)C=C(NC2CCCCC2)CC1. The van der Waals surface area contributed by atoms with Crippen molar-refractivity contribution < 1.29 is 23.2 Å². The van der Waals surface area contributed by atoms with Crippen molar-refractivity contribution in [3.63, 3.8) is 0 Å². The van der Waals surface area contributed by atoms with Crippen LogP contribution in [0.15, 0.2) is 34.7 Å². The second kappa shape index (κ2) is 9.71. The highest BCUT2D eigenvalue weighted by Crippen LogP contribution is 2.45. The first-order chi connectivity index (χ1) is 15.6. The van der Waals surface area contributed by atoms with Crippen LogP contribution in [0.1, 0.15) is 65.2 Å². The van der Waals surface area contributed by atoms with Crippen molar-refractivity contribution in [1.29, 1.82) is 0 Å². The Morgan fingerprint density at radius 2 is 1.97 bits per heavy atom. The monoisotopic (exact) mass is 579 g/mol. The number of nitrogens with zero attached hydrogens (tertiary/aromatic N) is 2. The average molecular weight is 579 g/mol. The van der Waals surface area contributed by atoms with Crippen molar-refractivity contribution in [2.45, 2.75) is 77.4 Å². The fraction of sp³-hybridized carbons (Fsp3) is 0.667. The van der Waals surface area contributed by atoms with Crippen molar-refractivity contribution in [3.8, 4) is 0 Å². The molecule has 0 spiro atoms. The van der Waals surface area contributed by atoms with Gasteiger partial charge in [0, 0.05) is 56.3 Å². The van der Waals surface area contributed by atoms with Crippen LogP contribution >= 0.6 is 21.0 Å². The van der Waals surface area contributed by atoms with Crippen LogP contribution in [0, 0.1) is 11.3 Å². The van der Waals surface area contributed by atoms with Gasteiger partial charge >= 0.3 is 6.18 Å². The highest BCUT2D eigenvalue weighted by Gasteiger charge is 2.46. The lowest BCUT2D eigenvalue weighted by atomic mass is 9.75. The van der Waals surface area contributed by atoms with Crippen LogP contribution < -0.4 is 5.32 Å². The maximum Gasteiger partial charge on any atom is 0.416 e. The highest BCUT2D eigenvalue weighted by molar-refractivity contribution is 14.2. The summed E-state index contributed by atoms with van der Waals surface area (Å²) in [4.78, 5) is 15.5. The minimum absolute atomic E-state index is 0.0149. The Balaban J connectivity index is 1.55. The van der Waals surface area contributed by atoms with E-state index in [1.807, 2.05) is 0 Å². The lowest BCUT2D eigenvalue weighted by Gasteiger charge is -2.39. The maximum atomic E-state index is 13.8. The molecule has 184 valence electrons. The third-order valence-electron chi connectivity index (χ3n) is 7.44. The molecule has 1 amide bonds. The molecule has 0 bridgehead atoms. The van der Waals surface area contributed by atoms with E-state index in [0.717, 1.165) is 44.7 Å². The van der Waals surface area contributed by atoms with E-state index in [4.69, 9.17) is 0 Å². The molecule has 0 unspecified atom stereocenters. The van der Waals surface area contributed by atoms with Crippen LogP contribution in [0.3, 0.4) is 0 Å². The molecule has 5 nitrogen and oxygen atoms in total. The molecular formula is C24H33F3IN3O2. The van der Waals surface area contributed by atoms with Gasteiger partial charge in [-0.15, -0.1) is 0 Å². The summed E-state index contributed by atoms with van der Waals surface area (Å²) in [7, 11) is 0. The molecule has 0 aromatic rings. The van der Waals surface area contributed by atoms with Crippen LogP contribution in [-0.4, -0.2) is 48.6 Å². The number of hydroxylamine groups is 1. The second-order valence-electron chi connectivity index (χ2n) is 9.86. The summed E-state index contributed by atoms with van der Waals surface area (Å²) in [6.45, 7) is 4.60. The van der Waals surface area contributed by atoms with Gasteiger partial charge in [-0.25, -0.2) is 3.28 Å². The summed E-state index contributed by atoms with van der Waals surface area (Å²) in [5.41, 5.74) is 0.665. The standard InChI is InChI=1S/C24H33F3IN3O2/c1-16(2)23(10-8-20(13-23)29-19-6-4-3-5-7-19)22(32)30-11-9-21-17(15-30)12-18(24(25,26)27)14-28-31(21)33/h12-14,16,19,29,33H,3-11,15H2,1-2H3/t23-/m0/s1. The number of rotatable bonds is 4. The fourth-order valence-electron chi connectivity index (χ4n) is 5.40. The molecule has 0 aromatic heterocycles. The molecule has 4 rings (SSSR count). The molecule has 9 heteroatoms. The van der Waals surface area contributed by atoms with Gasteiger partial charge in [0.1, 0.15) is 0 Å². The molecule has 0 aromatic carbocycles. The topological polar surface area (TPSA) is 55.8 Å². The Morgan fingerprint density at radius 3 is 2.64 bits per heavy atom. The van der Waals surface area contributed by atoms with Gasteiger partial charge in [-0.05, 0) is 49.3 Å². The molecule has 1 atom stereocenters. The lowest BCUT2D eigenvalue weighted by Crippen LogP contribution is -2.48. The van der Waals surface area contributed by atoms with E-state index < -0.39 is 38.2 Å². The number of nitrogens with one attached hydrogen (secondary N) is 1. The van der Waals surface area contributed by atoms with E-state index in [0.29, 0.717) is 30.3 Å². The van der Waals surface area contributed by atoms with Crippen molar-refractivity contribution in [1.82, 2.24) is 13.5 Å². The number of halogens is 4. The minimum Gasteiger partial charge on any atom is -0.386 e. The van der Waals surface area contributed by atoms with Gasteiger partial charge < -0.3 is 10.2 Å². The lowest BCUT2D eigenvalue weighted by molar-refractivity contribution is -0.141. The van der Waals surface area contributed by atoms with E-state index in [-0.39, 0.29) is 18.4 Å². The molecule has 0 saturated heterocycles. The molecule has 0 radical (unpaired) electrons. The Labute approximate surface area is 203 Å². The first kappa shape index (κ1) is 24.8. The van der Waals surface area contributed by atoms with Gasteiger partial charge in [-0.2, -0.15) is 13.2 Å². The van der Waals surface area contributed by atoms with E-state index in [1.165, 1.54) is 19.3 Å². The van der Waals surface area contributed by atoms with Gasteiger partial charge in [0.25, 0.3) is 0 Å². The van der Waals surface area contributed by atoms with Crippen LogP contribution in [-0.2, 0) is 4.79 Å². The molecule has 1 fully saturated rings. The maximum absolute atomic E-state index is 13.8. The molecule has 4 aliphatic rings. The van der Waals surface area contributed by atoms with Crippen molar-refractivity contribution in [3.05, 3.63) is 34.7 Å². The third kappa shape index (κ3) is 5.18. The summed E-state index contributed by atoms with van der Waals surface area (Å²) in [6.07, 6.45) is 6.74. The number of hydrogen-bond donors (Lipinski definition) is 2. The first-order valence-electron chi connectivity index (χ1n) is 11.8. The zero-order valence-corrected chi connectivity index (χ0v) is 21.4. The molecule has 33 heavy (non-hydrogen) atoms. The van der Waals surface area contributed by atoms with E-state index in [9.17, 15) is 23.2 Å². The van der Waals surface area contributed by atoms with Crippen molar-refractivity contribution >= 4 is 30.9 Å². The predicted molar refractivity (Wildman–Crippen MR) is 131 cm³/mol. The predicted octanol–water partition coefficient (Wildman–Crippen LogP) is 5.60. The van der Waals surface area contributed by atoms with Gasteiger partial charge in [0.15, 0.2) is 0 Å². The minimum atomic E-state index is -4.47. The molecule has 2 aliphatic carbocycles. The van der Waals surface area contributed by atoms with E-state index in [2.05, 4.69) is 25.2 Å². The summed E-state index contributed by atoms with van der Waals surface area (Å²) in [6, 6.07) is 0.470. The molecule has 1 saturated carbocycles. The second-order valence-corrected chi connectivity index (χ2v) is 12.0. The third-order valence-corrected chi connectivity index (χ3v) is 9.50. The zero-order valence-electron chi connectivity index (χ0n) is 19.2. The quantitative estimate of drug-likeness (QED) is 0.337. The van der Waals surface area contributed by atoms with Gasteiger partial charge in [-0.1, -0.05) is 33.1 Å². The normalized spacial score (nSPS) is 27.1. The number of amides is 1. The molecular weight excluding hydrogens is 546 g/mol. The van der Waals surface area contributed by atoms with Gasteiger partial charge in [0.05, 0.1) is 16.7 Å². The fourth-order valence-corrected chi connectivity index (χ4v) is 7.38. The average Bonchev–Trinajstić information content (AvgIpc) is 3.12. The first-order valence-corrected chi connectivity index (χ1v) is 14.1. The zero-order chi connectivity index (χ0) is 23.8. The van der Waals surface area contributed by atoms with E-state index in [1.54, 1.807) is 4.90 Å². The highest BCUT2D eigenvalue weighted by atomic mass is 127. The molecule has 2 N–H and O–H groups in total. The van der Waals surface area contributed by atoms with Crippen LogP contribution in [0.2, 0.25) is 0 Å². The Bertz CT molecular complexity index is 903. The number of hydrogen-bond acceptors (Lipinski definition) is 4. The Kier molecular flexibility index (Phi) is 7.29. The largest absolute Gasteiger partial charge is 0.416 e. The van der Waals surface area contributed by atoms with Crippen LogP contribution in [0.4, 0.5) is 13.2 Å². The Hall–Kier alpha value is -1.36.